The minimum absolute atomic E-state index is 0.124. The summed E-state index contributed by atoms with van der Waals surface area (Å²) in [6, 6.07) is 2.82. The molecule has 0 spiro atoms. The Morgan fingerprint density at radius 1 is 1.64 bits per heavy atom. The molecule has 0 saturated heterocycles. The van der Waals surface area contributed by atoms with Crippen LogP contribution in [-0.2, 0) is 6.61 Å². The van der Waals surface area contributed by atoms with Crippen molar-refractivity contribution in [3.63, 3.8) is 0 Å². The molecule has 0 saturated carbocycles. The van der Waals surface area contributed by atoms with E-state index in [1.54, 1.807) is 13.0 Å². The number of alkyl halides is 2. The highest BCUT2D eigenvalue weighted by molar-refractivity contribution is 5.40. The van der Waals surface area contributed by atoms with Crippen molar-refractivity contribution in [2.24, 2.45) is 0 Å². The fraction of sp³-hybridized carbons (Fsp3) is 0.333. The molecule has 1 N–H and O–H groups in total. The van der Waals surface area contributed by atoms with E-state index in [0.717, 1.165) is 6.07 Å². The van der Waals surface area contributed by atoms with Crippen molar-refractivity contribution in [3.8, 4) is 6.07 Å². The van der Waals surface area contributed by atoms with Crippen LogP contribution in [0.25, 0.3) is 0 Å². The van der Waals surface area contributed by atoms with Crippen molar-refractivity contribution in [2.45, 2.75) is 20.0 Å². The van der Waals surface area contributed by atoms with Gasteiger partial charge in [-0.3, -0.25) is 0 Å². The molecule has 0 aliphatic carbocycles. The number of nitrogens with zero attached hydrogens (tertiary/aromatic N) is 2. The number of aliphatic hydroxyl groups is 1. The van der Waals surface area contributed by atoms with Gasteiger partial charge in [0.1, 0.15) is 5.69 Å². The normalized spacial score (nSPS) is 10.3. The first-order valence-corrected chi connectivity index (χ1v) is 3.89. The van der Waals surface area contributed by atoms with Crippen LogP contribution in [0.1, 0.15) is 28.9 Å². The Balaban J connectivity index is 3.34. The summed E-state index contributed by atoms with van der Waals surface area (Å²) < 4.78 is 24.6. The lowest BCUT2D eigenvalue weighted by Crippen LogP contribution is -2.02. The van der Waals surface area contributed by atoms with Crippen molar-refractivity contribution >= 4 is 0 Å². The smallest absolute Gasteiger partial charge is 0.280 e. The molecule has 1 rings (SSSR count). The van der Waals surface area contributed by atoms with Gasteiger partial charge in [-0.15, -0.1) is 0 Å². The Bertz CT molecular complexity index is 385. The van der Waals surface area contributed by atoms with Gasteiger partial charge in [0.15, 0.2) is 0 Å². The molecule has 0 radical (unpaired) electrons. The van der Waals surface area contributed by atoms with Crippen molar-refractivity contribution in [2.75, 3.05) is 0 Å². The maximum Gasteiger partial charge on any atom is 0.280 e. The number of hydrogen-bond acceptors (Lipinski definition) is 3. The van der Waals surface area contributed by atoms with E-state index in [9.17, 15) is 8.78 Å². The van der Waals surface area contributed by atoms with Gasteiger partial charge in [0.05, 0.1) is 23.9 Å². The first-order valence-electron chi connectivity index (χ1n) is 3.89. The molecule has 14 heavy (non-hydrogen) atoms. The van der Waals surface area contributed by atoms with Gasteiger partial charge in [-0.25, -0.2) is 13.8 Å². The monoisotopic (exact) mass is 198 g/mol. The van der Waals surface area contributed by atoms with Gasteiger partial charge in [-0.05, 0) is 18.6 Å². The lowest BCUT2D eigenvalue weighted by molar-refractivity contribution is 0.145. The second-order valence-corrected chi connectivity index (χ2v) is 2.74. The van der Waals surface area contributed by atoms with E-state index in [0.29, 0.717) is 5.56 Å². The number of hydrogen-bond donors (Lipinski definition) is 1. The quantitative estimate of drug-likeness (QED) is 0.786. The van der Waals surface area contributed by atoms with Gasteiger partial charge >= 0.3 is 0 Å². The molecule has 74 valence electrons. The predicted molar refractivity (Wildman–Crippen MR) is 44.6 cm³/mol. The van der Waals surface area contributed by atoms with Crippen LogP contribution in [0, 0.1) is 18.3 Å². The number of pyridine rings is 1. The Morgan fingerprint density at radius 3 is 2.71 bits per heavy atom. The Kier molecular flexibility index (Phi) is 3.10. The Morgan fingerprint density at radius 2 is 2.29 bits per heavy atom. The largest absolute Gasteiger partial charge is 0.390 e. The van der Waals surface area contributed by atoms with E-state index < -0.39 is 18.7 Å². The van der Waals surface area contributed by atoms with Gasteiger partial charge < -0.3 is 5.11 Å². The maximum absolute atomic E-state index is 12.3. The fourth-order valence-electron chi connectivity index (χ4n) is 1.07. The van der Waals surface area contributed by atoms with Crippen molar-refractivity contribution < 1.29 is 13.9 Å². The Labute approximate surface area is 79.6 Å². The van der Waals surface area contributed by atoms with Crippen LogP contribution in [0.5, 0.6) is 0 Å². The molecular formula is C9H8F2N2O. The number of nitriles is 1. The second-order valence-electron chi connectivity index (χ2n) is 2.74. The topological polar surface area (TPSA) is 56.9 Å². The third-order valence-electron chi connectivity index (χ3n) is 1.89. The molecule has 0 atom stereocenters. The molecule has 5 heteroatoms. The predicted octanol–water partition coefficient (Wildman–Crippen LogP) is 1.69. The SMILES string of the molecule is Cc1c(C#N)cc(C(F)F)nc1CO. The molecule has 1 heterocycles. The molecule has 0 fully saturated rings. The van der Waals surface area contributed by atoms with Crippen LogP contribution in [0.3, 0.4) is 0 Å². The molecule has 0 bridgehead atoms. The molecule has 0 amide bonds. The lowest BCUT2D eigenvalue weighted by atomic mass is 10.1. The van der Waals surface area contributed by atoms with Crippen molar-refractivity contribution in [3.05, 3.63) is 28.6 Å². The van der Waals surface area contributed by atoms with Crippen LogP contribution >= 0.6 is 0 Å². The zero-order valence-corrected chi connectivity index (χ0v) is 7.46. The molecule has 1 aromatic heterocycles. The number of rotatable bonds is 2. The summed E-state index contributed by atoms with van der Waals surface area (Å²) in [6.45, 7) is 1.12. The van der Waals surface area contributed by atoms with Crippen LogP contribution in [0.15, 0.2) is 6.07 Å². The van der Waals surface area contributed by atoms with E-state index in [1.165, 1.54) is 0 Å². The molecular weight excluding hydrogens is 190 g/mol. The first kappa shape index (κ1) is 10.5. The van der Waals surface area contributed by atoms with Gasteiger partial charge in [-0.2, -0.15) is 5.26 Å². The molecule has 1 aromatic rings. The van der Waals surface area contributed by atoms with Crippen LogP contribution < -0.4 is 0 Å². The van der Waals surface area contributed by atoms with E-state index in [1.807, 2.05) is 0 Å². The summed E-state index contributed by atoms with van der Waals surface area (Å²) in [5, 5.41) is 17.5. The minimum atomic E-state index is -2.73. The molecule has 0 aliphatic heterocycles. The summed E-state index contributed by atoms with van der Waals surface area (Å²) in [5.41, 5.74) is 0.217. The number of aromatic nitrogens is 1. The van der Waals surface area contributed by atoms with E-state index >= 15 is 0 Å². The van der Waals surface area contributed by atoms with Crippen molar-refractivity contribution in [1.29, 1.82) is 5.26 Å². The van der Waals surface area contributed by atoms with Crippen LogP contribution in [-0.4, -0.2) is 10.1 Å². The summed E-state index contributed by atoms with van der Waals surface area (Å²) in [7, 11) is 0. The van der Waals surface area contributed by atoms with E-state index in [-0.39, 0.29) is 11.3 Å². The van der Waals surface area contributed by atoms with Crippen LogP contribution in [0.4, 0.5) is 8.78 Å². The fourth-order valence-corrected chi connectivity index (χ4v) is 1.07. The number of aliphatic hydroxyl groups excluding tert-OH is 1. The van der Waals surface area contributed by atoms with Crippen molar-refractivity contribution in [1.82, 2.24) is 4.98 Å². The average Bonchev–Trinajstić information content (AvgIpc) is 2.17. The van der Waals surface area contributed by atoms with Gasteiger partial charge in [0.2, 0.25) is 0 Å². The molecule has 0 unspecified atom stereocenters. The highest BCUT2D eigenvalue weighted by Crippen LogP contribution is 2.21. The summed E-state index contributed by atoms with van der Waals surface area (Å²) in [5.74, 6) is 0. The zero-order valence-electron chi connectivity index (χ0n) is 7.46. The Hall–Kier alpha value is -1.54. The van der Waals surface area contributed by atoms with E-state index in [4.69, 9.17) is 10.4 Å². The summed E-state index contributed by atoms with van der Waals surface area (Å²) in [4.78, 5) is 3.55. The summed E-state index contributed by atoms with van der Waals surface area (Å²) >= 11 is 0. The zero-order chi connectivity index (χ0) is 10.7. The average molecular weight is 198 g/mol. The third kappa shape index (κ3) is 1.86. The maximum atomic E-state index is 12.3. The molecule has 0 aliphatic rings. The van der Waals surface area contributed by atoms with Gasteiger partial charge in [-0.1, -0.05) is 0 Å². The standard InChI is InChI=1S/C9H8F2N2O/c1-5-6(3-12)2-7(9(10)11)13-8(5)4-14/h2,9,14H,4H2,1H3. The minimum Gasteiger partial charge on any atom is -0.390 e. The van der Waals surface area contributed by atoms with Gasteiger partial charge in [0.25, 0.3) is 6.43 Å². The van der Waals surface area contributed by atoms with Gasteiger partial charge in [0, 0.05) is 0 Å². The second kappa shape index (κ2) is 4.11. The lowest BCUT2D eigenvalue weighted by Gasteiger charge is -2.06. The van der Waals surface area contributed by atoms with Crippen LogP contribution in [0.2, 0.25) is 0 Å². The highest BCUT2D eigenvalue weighted by Gasteiger charge is 2.14. The van der Waals surface area contributed by atoms with E-state index in [2.05, 4.69) is 4.98 Å². The number of halogens is 2. The highest BCUT2D eigenvalue weighted by atomic mass is 19.3. The summed E-state index contributed by atoms with van der Waals surface area (Å²) in [6.07, 6.45) is -2.73. The third-order valence-corrected chi connectivity index (χ3v) is 1.89. The first-order chi connectivity index (χ1) is 6.60. The molecule has 3 nitrogen and oxygen atoms in total. The molecule has 0 aromatic carbocycles.